The maximum atomic E-state index is 12.5. The molecule has 0 bridgehead atoms. The number of carbonyl (C=O) groups excluding carboxylic acids is 1. The number of aromatic nitrogens is 2. The lowest BCUT2D eigenvalue weighted by Gasteiger charge is -2.14. The number of hydrogen-bond acceptors (Lipinski definition) is 4. The van der Waals surface area contributed by atoms with Gasteiger partial charge in [0.2, 0.25) is 5.91 Å². The van der Waals surface area contributed by atoms with E-state index in [9.17, 15) is 4.79 Å². The average Bonchev–Trinajstić information content (AvgIpc) is 3.16. The summed E-state index contributed by atoms with van der Waals surface area (Å²) in [5, 5.41) is 3.60. The van der Waals surface area contributed by atoms with Gasteiger partial charge in [0.15, 0.2) is 5.16 Å². The molecule has 2 aromatic carbocycles. The van der Waals surface area contributed by atoms with E-state index in [1.54, 1.807) is 13.3 Å². The van der Waals surface area contributed by atoms with Gasteiger partial charge in [0.1, 0.15) is 5.75 Å². The van der Waals surface area contributed by atoms with Crippen LogP contribution < -0.4 is 10.1 Å². The Kier molecular flexibility index (Phi) is 6.99. The predicted octanol–water partition coefficient (Wildman–Crippen LogP) is 4.34. The van der Waals surface area contributed by atoms with Crippen molar-refractivity contribution in [3.8, 4) is 11.4 Å². The van der Waals surface area contributed by atoms with Gasteiger partial charge in [-0.05, 0) is 56.5 Å². The highest BCUT2D eigenvalue weighted by Gasteiger charge is 2.18. The molecule has 29 heavy (non-hydrogen) atoms. The van der Waals surface area contributed by atoms with E-state index in [1.165, 1.54) is 22.9 Å². The van der Waals surface area contributed by atoms with Crippen LogP contribution in [-0.4, -0.2) is 34.4 Å². The summed E-state index contributed by atoms with van der Waals surface area (Å²) in [5.74, 6) is 0.848. The number of carbonyl (C=O) groups is 1. The van der Waals surface area contributed by atoms with Crippen LogP contribution in [0.4, 0.5) is 0 Å². The number of amides is 1. The van der Waals surface area contributed by atoms with Crippen LogP contribution in [0, 0.1) is 13.8 Å². The van der Waals surface area contributed by atoms with Crippen molar-refractivity contribution in [2.45, 2.75) is 37.6 Å². The molecule has 0 aliphatic rings. The molecule has 1 amide bonds. The molecular weight excluding hydrogens is 382 g/mol. The van der Waals surface area contributed by atoms with Gasteiger partial charge in [-0.25, -0.2) is 4.98 Å². The highest BCUT2D eigenvalue weighted by atomic mass is 32.2. The highest BCUT2D eigenvalue weighted by Crippen LogP contribution is 2.26. The molecule has 0 saturated carbocycles. The summed E-state index contributed by atoms with van der Waals surface area (Å²) < 4.78 is 7.21. The summed E-state index contributed by atoms with van der Waals surface area (Å²) in [6.07, 6.45) is 4.49. The number of benzene rings is 2. The van der Waals surface area contributed by atoms with E-state index in [1.807, 2.05) is 42.0 Å². The molecule has 1 aromatic heterocycles. The number of aryl methyl sites for hydroxylation is 2. The Morgan fingerprint density at radius 2 is 1.97 bits per heavy atom. The van der Waals surface area contributed by atoms with Gasteiger partial charge < -0.3 is 10.1 Å². The molecular formula is C23H27N3O2S. The van der Waals surface area contributed by atoms with Crippen molar-refractivity contribution in [3.63, 3.8) is 0 Å². The van der Waals surface area contributed by atoms with Gasteiger partial charge in [-0.2, -0.15) is 0 Å². The number of hydrogen-bond donors (Lipinski definition) is 1. The van der Waals surface area contributed by atoms with Gasteiger partial charge in [0, 0.05) is 18.9 Å². The first-order valence-corrected chi connectivity index (χ1v) is 10.5. The Labute approximate surface area is 176 Å². The lowest BCUT2D eigenvalue weighted by molar-refractivity contribution is -0.120. The first kappa shape index (κ1) is 21.0. The Balaban J connectivity index is 1.56. The molecule has 6 heteroatoms. The van der Waals surface area contributed by atoms with Crippen molar-refractivity contribution >= 4 is 17.7 Å². The normalized spacial score (nSPS) is 11.9. The molecule has 0 saturated heterocycles. The maximum absolute atomic E-state index is 12.5. The third kappa shape index (κ3) is 5.41. The quantitative estimate of drug-likeness (QED) is 0.563. The standard InChI is InChI=1S/C23H27N3O2S/c1-16-5-10-21(17(2)15-16)26-14-13-25-23(26)29-18(3)22(27)24-12-11-19-6-8-20(28-4)9-7-19/h5-10,13-15,18H,11-12H2,1-4H3,(H,24,27). The summed E-state index contributed by atoms with van der Waals surface area (Å²) in [5.41, 5.74) is 4.66. The first-order chi connectivity index (χ1) is 14.0. The molecule has 5 nitrogen and oxygen atoms in total. The Morgan fingerprint density at radius 3 is 2.66 bits per heavy atom. The second-order valence-corrected chi connectivity index (χ2v) is 8.33. The van der Waals surface area contributed by atoms with Crippen LogP contribution in [0.5, 0.6) is 5.75 Å². The summed E-state index contributed by atoms with van der Waals surface area (Å²) >= 11 is 1.47. The minimum atomic E-state index is -0.238. The van der Waals surface area contributed by atoms with Crippen LogP contribution in [0.25, 0.3) is 5.69 Å². The zero-order valence-electron chi connectivity index (χ0n) is 17.3. The lowest BCUT2D eigenvalue weighted by atomic mass is 10.1. The third-order valence-electron chi connectivity index (χ3n) is 4.74. The van der Waals surface area contributed by atoms with E-state index in [2.05, 4.69) is 42.3 Å². The highest BCUT2D eigenvalue weighted by molar-refractivity contribution is 8.00. The van der Waals surface area contributed by atoms with E-state index in [-0.39, 0.29) is 11.2 Å². The largest absolute Gasteiger partial charge is 0.497 e. The number of nitrogens with one attached hydrogen (secondary N) is 1. The molecule has 0 aliphatic heterocycles. The molecule has 1 N–H and O–H groups in total. The average molecular weight is 410 g/mol. The van der Waals surface area contributed by atoms with Crippen molar-refractivity contribution in [1.82, 2.24) is 14.9 Å². The number of rotatable bonds is 8. The van der Waals surface area contributed by atoms with E-state index >= 15 is 0 Å². The Morgan fingerprint density at radius 1 is 1.21 bits per heavy atom. The number of nitrogens with zero attached hydrogens (tertiary/aromatic N) is 2. The minimum Gasteiger partial charge on any atom is -0.497 e. The monoisotopic (exact) mass is 409 g/mol. The fraction of sp³-hybridized carbons (Fsp3) is 0.304. The number of thioether (sulfide) groups is 1. The lowest BCUT2D eigenvalue weighted by Crippen LogP contribution is -2.32. The first-order valence-electron chi connectivity index (χ1n) is 9.66. The van der Waals surface area contributed by atoms with Crippen LogP contribution in [-0.2, 0) is 11.2 Å². The molecule has 0 radical (unpaired) electrons. The molecule has 3 aromatic rings. The second kappa shape index (κ2) is 9.65. The summed E-state index contributed by atoms with van der Waals surface area (Å²) in [6.45, 7) is 6.68. The fourth-order valence-electron chi connectivity index (χ4n) is 3.11. The predicted molar refractivity (Wildman–Crippen MR) is 118 cm³/mol. The minimum absolute atomic E-state index is 0.0127. The van der Waals surface area contributed by atoms with Crippen molar-refractivity contribution in [2.24, 2.45) is 0 Å². The van der Waals surface area contributed by atoms with Crippen LogP contribution in [0.15, 0.2) is 60.0 Å². The molecule has 1 unspecified atom stereocenters. The van der Waals surface area contributed by atoms with Crippen LogP contribution in [0.3, 0.4) is 0 Å². The van der Waals surface area contributed by atoms with E-state index in [4.69, 9.17) is 4.74 Å². The molecule has 3 rings (SSSR count). The van der Waals surface area contributed by atoms with Crippen LogP contribution >= 0.6 is 11.8 Å². The van der Waals surface area contributed by atoms with Crippen molar-refractivity contribution < 1.29 is 9.53 Å². The molecule has 152 valence electrons. The maximum Gasteiger partial charge on any atom is 0.233 e. The van der Waals surface area contributed by atoms with Gasteiger partial charge in [0.05, 0.1) is 18.0 Å². The van der Waals surface area contributed by atoms with E-state index in [0.717, 1.165) is 28.6 Å². The molecule has 0 spiro atoms. The molecule has 1 heterocycles. The van der Waals surface area contributed by atoms with Crippen molar-refractivity contribution in [3.05, 3.63) is 71.5 Å². The van der Waals surface area contributed by atoms with E-state index in [0.29, 0.717) is 6.54 Å². The molecule has 0 fully saturated rings. The zero-order chi connectivity index (χ0) is 20.8. The van der Waals surface area contributed by atoms with Crippen molar-refractivity contribution in [2.75, 3.05) is 13.7 Å². The third-order valence-corrected chi connectivity index (χ3v) is 5.82. The molecule has 1 atom stereocenters. The number of methoxy groups -OCH3 is 1. The van der Waals surface area contributed by atoms with Crippen molar-refractivity contribution in [1.29, 1.82) is 0 Å². The SMILES string of the molecule is COc1ccc(CCNC(=O)C(C)Sc2nccn2-c2ccc(C)cc2C)cc1. The topological polar surface area (TPSA) is 56.1 Å². The van der Waals surface area contributed by atoms with Gasteiger partial charge in [-0.3, -0.25) is 9.36 Å². The van der Waals surface area contributed by atoms with E-state index < -0.39 is 0 Å². The van der Waals surface area contributed by atoms with Crippen LogP contribution in [0.1, 0.15) is 23.6 Å². The summed E-state index contributed by atoms with van der Waals surface area (Å²) in [4.78, 5) is 17.0. The summed E-state index contributed by atoms with van der Waals surface area (Å²) in [6, 6.07) is 14.2. The van der Waals surface area contributed by atoms with Gasteiger partial charge >= 0.3 is 0 Å². The Hall–Kier alpha value is -2.73. The number of ether oxygens (including phenoxy) is 1. The Bertz CT molecular complexity index is 967. The smallest absolute Gasteiger partial charge is 0.233 e. The van der Waals surface area contributed by atoms with Gasteiger partial charge in [-0.15, -0.1) is 0 Å². The fourth-order valence-corrected chi connectivity index (χ4v) is 4.01. The zero-order valence-corrected chi connectivity index (χ0v) is 18.1. The second-order valence-electron chi connectivity index (χ2n) is 7.02. The van der Waals surface area contributed by atoms with Gasteiger partial charge in [-0.1, -0.05) is 41.6 Å². The number of imidazole rings is 1. The van der Waals surface area contributed by atoms with Gasteiger partial charge in [0.25, 0.3) is 0 Å². The summed E-state index contributed by atoms with van der Waals surface area (Å²) in [7, 11) is 1.65. The van der Waals surface area contributed by atoms with Crippen LogP contribution in [0.2, 0.25) is 0 Å². The molecule has 0 aliphatic carbocycles.